The third-order valence-electron chi connectivity index (χ3n) is 4.81. The lowest BCUT2D eigenvalue weighted by atomic mass is 9.95. The van der Waals surface area contributed by atoms with Crippen LogP contribution < -0.4 is 0 Å². The second-order valence-electron chi connectivity index (χ2n) is 6.75. The standard InChI is InChI=1S/C21H20N2O6/c1-2-3-10-22-18(13-6-5-9-16(24)12-13)17(20(26)21(22)27)19(25)14-7-4-8-15(11-14)23(28)29/h4-9,11-12,18,24-25H,2-3,10H2,1H3/b19-17-. The number of aliphatic hydroxyl groups is 1. The number of unbranched alkanes of at least 4 members (excludes halogenated alkanes) is 1. The van der Waals surface area contributed by atoms with Crippen molar-refractivity contribution in [3.8, 4) is 5.75 Å². The second kappa shape index (κ2) is 8.14. The van der Waals surface area contributed by atoms with Crippen molar-refractivity contribution >= 4 is 23.1 Å². The molecule has 0 radical (unpaired) electrons. The summed E-state index contributed by atoms with van der Waals surface area (Å²) in [6, 6.07) is 10.5. The van der Waals surface area contributed by atoms with Gasteiger partial charge in [-0.1, -0.05) is 37.6 Å². The zero-order valence-corrected chi connectivity index (χ0v) is 15.7. The van der Waals surface area contributed by atoms with E-state index in [0.717, 1.165) is 12.5 Å². The summed E-state index contributed by atoms with van der Waals surface area (Å²) in [7, 11) is 0. The Morgan fingerprint density at radius 2 is 1.90 bits per heavy atom. The molecule has 1 atom stereocenters. The summed E-state index contributed by atoms with van der Waals surface area (Å²) in [5, 5.41) is 31.8. The van der Waals surface area contributed by atoms with Gasteiger partial charge < -0.3 is 15.1 Å². The maximum absolute atomic E-state index is 12.8. The summed E-state index contributed by atoms with van der Waals surface area (Å²) < 4.78 is 0. The van der Waals surface area contributed by atoms with Gasteiger partial charge in [0, 0.05) is 24.2 Å². The van der Waals surface area contributed by atoms with E-state index in [9.17, 15) is 29.9 Å². The smallest absolute Gasteiger partial charge is 0.295 e. The monoisotopic (exact) mass is 396 g/mol. The molecule has 8 nitrogen and oxygen atoms in total. The number of nitro groups is 1. The molecule has 0 bridgehead atoms. The minimum Gasteiger partial charge on any atom is -0.508 e. The average molecular weight is 396 g/mol. The molecule has 1 heterocycles. The molecule has 2 aromatic rings. The van der Waals surface area contributed by atoms with Crippen LogP contribution in [0, 0.1) is 10.1 Å². The molecule has 1 fully saturated rings. The Hall–Kier alpha value is -3.68. The van der Waals surface area contributed by atoms with Crippen molar-refractivity contribution in [3.05, 3.63) is 75.3 Å². The van der Waals surface area contributed by atoms with Crippen molar-refractivity contribution in [2.45, 2.75) is 25.8 Å². The van der Waals surface area contributed by atoms with Crippen LogP contribution in [0.5, 0.6) is 5.75 Å². The summed E-state index contributed by atoms with van der Waals surface area (Å²) in [4.78, 5) is 37.3. The fourth-order valence-electron chi connectivity index (χ4n) is 3.40. The highest BCUT2D eigenvalue weighted by Crippen LogP contribution is 2.40. The maximum Gasteiger partial charge on any atom is 0.295 e. The zero-order chi connectivity index (χ0) is 21.1. The Bertz CT molecular complexity index is 1010. The van der Waals surface area contributed by atoms with Crippen LogP contribution in [0.25, 0.3) is 5.76 Å². The first-order chi connectivity index (χ1) is 13.8. The highest BCUT2D eigenvalue weighted by atomic mass is 16.6. The van der Waals surface area contributed by atoms with Crippen LogP contribution in [0.1, 0.15) is 36.9 Å². The number of hydrogen-bond acceptors (Lipinski definition) is 6. The molecule has 1 unspecified atom stereocenters. The molecular formula is C21H20N2O6. The number of aromatic hydroxyl groups is 1. The van der Waals surface area contributed by atoms with Crippen LogP contribution in [0.3, 0.4) is 0 Å². The van der Waals surface area contributed by atoms with E-state index in [4.69, 9.17) is 0 Å². The Morgan fingerprint density at radius 3 is 2.55 bits per heavy atom. The number of carbonyl (C=O) groups excluding carboxylic acids is 2. The lowest BCUT2D eigenvalue weighted by Crippen LogP contribution is -2.30. The summed E-state index contributed by atoms with van der Waals surface area (Å²) in [6.45, 7) is 2.25. The number of rotatable bonds is 6. The Labute approximate surface area is 166 Å². The van der Waals surface area contributed by atoms with Crippen LogP contribution in [-0.2, 0) is 9.59 Å². The number of Topliss-reactive ketones (excluding diaryl/α,β-unsaturated/α-hetero) is 1. The third-order valence-corrected chi connectivity index (χ3v) is 4.81. The van der Waals surface area contributed by atoms with E-state index in [-0.39, 0.29) is 22.6 Å². The van der Waals surface area contributed by atoms with Gasteiger partial charge >= 0.3 is 0 Å². The van der Waals surface area contributed by atoms with E-state index >= 15 is 0 Å². The quantitative estimate of drug-likeness (QED) is 0.253. The molecule has 150 valence electrons. The molecule has 0 aromatic heterocycles. The molecule has 2 N–H and O–H groups in total. The number of nitro benzene ring substituents is 1. The molecular weight excluding hydrogens is 376 g/mol. The Kier molecular flexibility index (Phi) is 5.63. The normalized spacial score (nSPS) is 18.2. The number of phenolic OH excluding ortho intramolecular Hbond substituents is 1. The van der Waals surface area contributed by atoms with Crippen molar-refractivity contribution in [1.29, 1.82) is 0 Å². The van der Waals surface area contributed by atoms with Gasteiger partial charge in [-0.15, -0.1) is 0 Å². The minimum absolute atomic E-state index is 0.0427. The van der Waals surface area contributed by atoms with Crippen LogP contribution >= 0.6 is 0 Å². The van der Waals surface area contributed by atoms with E-state index in [1.165, 1.54) is 35.2 Å². The van der Waals surface area contributed by atoms with Crippen LogP contribution in [0.2, 0.25) is 0 Å². The van der Waals surface area contributed by atoms with Gasteiger partial charge in [-0.2, -0.15) is 0 Å². The number of hydrogen-bond donors (Lipinski definition) is 2. The Balaban J connectivity index is 2.19. The number of benzene rings is 2. The van der Waals surface area contributed by atoms with Gasteiger partial charge in [0.05, 0.1) is 16.5 Å². The molecule has 1 amide bonds. The average Bonchev–Trinajstić information content (AvgIpc) is 2.96. The van der Waals surface area contributed by atoms with E-state index in [2.05, 4.69) is 0 Å². The molecule has 0 saturated carbocycles. The van der Waals surface area contributed by atoms with Crippen molar-refractivity contribution in [2.24, 2.45) is 0 Å². The summed E-state index contributed by atoms with van der Waals surface area (Å²) >= 11 is 0. The highest BCUT2D eigenvalue weighted by molar-refractivity contribution is 6.46. The molecule has 8 heteroatoms. The van der Waals surface area contributed by atoms with Gasteiger partial charge in [0.2, 0.25) is 0 Å². The van der Waals surface area contributed by atoms with Gasteiger partial charge in [-0.3, -0.25) is 19.7 Å². The molecule has 1 saturated heterocycles. The molecule has 0 spiro atoms. The number of non-ortho nitro benzene ring substituents is 1. The van der Waals surface area contributed by atoms with Crippen molar-refractivity contribution in [2.75, 3.05) is 6.54 Å². The number of aliphatic hydroxyl groups excluding tert-OH is 1. The predicted octanol–water partition coefficient (Wildman–Crippen LogP) is 3.52. The topological polar surface area (TPSA) is 121 Å². The molecule has 1 aliphatic heterocycles. The van der Waals surface area contributed by atoms with Gasteiger partial charge in [0.15, 0.2) is 0 Å². The third kappa shape index (κ3) is 3.82. The molecule has 2 aromatic carbocycles. The molecule has 3 rings (SSSR count). The largest absolute Gasteiger partial charge is 0.508 e. The van der Waals surface area contributed by atoms with E-state index in [1.54, 1.807) is 12.1 Å². The summed E-state index contributed by atoms with van der Waals surface area (Å²) in [5.74, 6) is -2.14. The number of likely N-dealkylation sites (tertiary alicyclic amines) is 1. The number of phenols is 1. The zero-order valence-electron chi connectivity index (χ0n) is 15.7. The van der Waals surface area contributed by atoms with Gasteiger partial charge in [0.25, 0.3) is 17.4 Å². The first-order valence-corrected chi connectivity index (χ1v) is 9.17. The lowest BCUT2D eigenvalue weighted by molar-refractivity contribution is -0.384. The van der Waals surface area contributed by atoms with Crippen molar-refractivity contribution < 1.29 is 24.7 Å². The lowest BCUT2D eigenvalue weighted by Gasteiger charge is -2.25. The number of ketones is 1. The van der Waals surface area contributed by atoms with E-state index < -0.39 is 28.4 Å². The minimum atomic E-state index is -0.895. The van der Waals surface area contributed by atoms with Crippen molar-refractivity contribution in [3.63, 3.8) is 0 Å². The fourth-order valence-corrected chi connectivity index (χ4v) is 3.40. The maximum atomic E-state index is 12.8. The molecule has 1 aliphatic rings. The highest BCUT2D eigenvalue weighted by Gasteiger charge is 2.45. The van der Waals surface area contributed by atoms with Gasteiger partial charge in [-0.25, -0.2) is 0 Å². The Morgan fingerprint density at radius 1 is 1.17 bits per heavy atom. The SMILES string of the molecule is CCCCN1C(=O)C(=O)/C(=C(\O)c2cccc([N+](=O)[O-])c2)C1c1cccc(O)c1. The second-order valence-corrected chi connectivity index (χ2v) is 6.75. The first-order valence-electron chi connectivity index (χ1n) is 9.17. The predicted molar refractivity (Wildman–Crippen MR) is 105 cm³/mol. The van der Waals surface area contributed by atoms with Gasteiger partial charge in [-0.05, 0) is 24.1 Å². The van der Waals surface area contributed by atoms with Crippen LogP contribution in [-0.4, -0.2) is 38.3 Å². The first kappa shape index (κ1) is 20.1. The fraction of sp³-hybridized carbons (Fsp3) is 0.238. The number of nitrogens with zero attached hydrogens (tertiary/aromatic N) is 2. The summed E-state index contributed by atoms with van der Waals surface area (Å²) in [6.07, 6.45) is 1.44. The molecule has 29 heavy (non-hydrogen) atoms. The summed E-state index contributed by atoms with van der Waals surface area (Å²) in [5.41, 5.74) is 0.130. The van der Waals surface area contributed by atoms with Gasteiger partial charge in [0.1, 0.15) is 11.5 Å². The van der Waals surface area contributed by atoms with Crippen molar-refractivity contribution in [1.82, 2.24) is 4.90 Å². The van der Waals surface area contributed by atoms with Crippen LogP contribution in [0.15, 0.2) is 54.1 Å². The number of carbonyl (C=O) groups is 2. The number of amides is 1. The van der Waals surface area contributed by atoms with Crippen LogP contribution in [0.4, 0.5) is 5.69 Å². The van der Waals surface area contributed by atoms with E-state index in [1.807, 2.05) is 6.92 Å². The molecule has 0 aliphatic carbocycles. The van der Waals surface area contributed by atoms with E-state index in [0.29, 0.717) is 18.5 Å².